The third-order valence-corrected chi connectivity index (χ3v) is 2.70. The smallest absolute Gasteiger partial charge is 0.255 e. The minimum absolute atomic E-state index is 0.380. The number of nitrogens with zero attached hydrogens (tertiary/aromatic N) is 4. The maximum Gasteiger partial charge on any atom is 0.255 e. The van der Waals surface area contributed by atoms with Gasteiger partial charge in [-0.25, -0.2) is 0 Å². The first-order valence-electron chi connectivity index (χ1n) is 5.42. The van der Waals surface area contributed by atoms with E-state index in [4.69, 9.17) is 11.6 Å². The van der Waals surface area contributed by atoms with Crippen LogP contribution in [0.5, 0.6) is 0 Å². The molecule has 0 spiro atoms. The SMILES string of the molecule is Cc1cccc(Nc2cc(Cl)nc3ncnn23)c1. The molecular weight excluding hydrogens is 250 g/mol. The molecule has 1 N–H and O–H groups in total. The summed E-state index contributed by atoms with van der Waals surface area (Å²) in [5.41, 5.74) is 2.14. The molecular formula is C12H10ClN5. The number of halogens is 1. The van der Waals surface area contributed by atoms with Crippen LogP contribution >= 0.6 is 11.6 Å². The molecule has 6 heteroatoms. The van der Waals surface area contributed by atoms with Crippen LogP contribution in [0.25, 0.3) is 5.78 Å². The van der Waals surface area contributed by atoms with Gasteiger partial charge >= 0.3 is 0 Å². The number of aryl methyl sites for hydroxylation is 1. The molecule has 3 rings (SSSR count). The Morgan fingerprint density at radius 3 is 3.00 bits per heavy atom. The van der Waals surface area contributed by atoms with E-state index in [-0.39, 0.29) is 0 Å². The van der Waals surface area contributed by atoms with Crippen LogP contribution in [-0.2, 0) is 0 Å². The zero-order chi connectivity index (χ0) is 12.5. The fraction of sp³-hybridized carbons (Fsp3) is 0.0833. The maximum atomic E-state index is 5.95. The Balaban J connectivity index is 2.06. The molecule has 2 aromatic heterocycles. The van der Waals surface area contributed by atoms with Crippen molar-refractivity contribution in [1.29, 1.82) is 0 Å². The fourth-order valence-corrected chi connectivity index (χ4v) is 1.92. The van der Waals surface area contributed by atoms with E-state index in [0.717, 1.165) is 11.5 Å². The number of nitrogens with one attached hydrogen (secondary N) is 1. The van der Waals surface area contributed by atoms with Gasteiger partial charge in [-0.2, -0.15) is 19.6 Å². The predicted octanol–water partition coefficient (Wildman–Crippen LogP) is 2.83. The summed E-state index contributed by atoms with van der Waals surface area (Å²) in [6.45, 7) is 2.04. The van der Waals surface area contributed by atoms with E-state index in [1.54, 1.807) is 10.6 Å². The normalized spacial score (nSPS) is 10.8. The number of fused-ring (bicyclic) bond motifs is 1. The third-order valence-electron chi connectivity index (χ3n) is 2.51. The quantitative estimate of drug-likeness (QED) is 0.719. The summed E-state index contributed by atoms with van der Waals surface area (Å²) in [6, 6.07) is 9.75. The van der Waals surface area contributed by atoms with Crippen molar-refractivity contribution in [2.45, 2.75) is 6.92 Å². The van der Waals surface area contributed by atoms with Crippen LogP contribution in [0.15, 0.2) is 36.7 Å². The first kappa shape index (κ1) is 11.0. The molecule has 0 bridgehead atoms. The van der Waals surface area contributed by atoms with E-state index < -0.39 is 0 Å². The number of aromatic nitrogens is 4. The summed E-state index contributed by atoms with van der Waals surface area (Å²) in [6.07, 6.45) is 1.44. The average molecular weight is 260 g/mol. The number of anilines is 2. The lowest BCUT2D eigenvalue weighted by Gasteiger charge is -2.08. The van der Waals surface area contributed by atoms with Crippen molar-refractivity contribution >= 4 is 28.9 Å². The number of benzene rings is 1. The predicted molar refractivity (Wildman–Crippen MR) is 70.3 cm³/mol. The molecule has 0 aliphatic carbocycles. The highest BCUT2D eigenvalue weighted by Crippen LogP contribution is 2.20. The van der Waals surface area contributed by atoms with E-state index in [1.165, 1.54) is 11.9 Å². The van der Waals surface area contributed by atoms with Crippen LogP contribution in [-0.4, -0.2) is 19.6 Å². The summed E-state index contributed by atoms with van der Waals surface area (Å²) in [5, 5.41) is 7.73. The zero-order valence-electron chi connectivity index (χ0n) is 9.63. The molecule has 18 heavy (non-hydrogen) atoms. The highest BCUT2D eigenvalue weighted by atomic mass is 35.5. The van der Waals surface area contributed by atoms with E-state index in [9.17, 15) is 0 Å². The van der Waals surface area contributed by atoms with Gasteiger partial charge in [-0.05, 0) is 24.6 Å². The van der Waals surface area contributed by atoms with Crippen LogP contribution in [0, 0.1) is 6.92 Å². The minimum atomic E-state index is 0.380. The fourth-order valence-electron chi connectivity index (χ4n) is 1.74. The molecule has 1 aromatic carbocycles. The number of hydrogen-bond donors (Lipinski definition) is 1. The lowest BCUT2D eigenvalue weighted by Crippen LogP contribution is -2.01. The Hall–Kier alpha value is -2.14. The van der Waals surface area contributed by atoms with Crippen molar-refractivity contribution in [3.05, 3.63) is 47.4 Å². The van der Waals surface area contributed by atoms with Crippen molar-refractivity contribution in [3.63, 3.8) is 0 Å². The summed E-state index contributed by atoms with van der Waals surface area (Å²) in [7, 11) is 0. The van der Waals surface area contributed by atoms with Crippen molar-refractivity contribution in [2.24, 2.45) is 0 Å². The molecule has 0 fully saturated rings. The van der Waals surface area contributed by atoms with Gasteiger partial charge in [0.1, 0.15) is 17.3 Å². The second-order valence-electron chi connectivity index (χ2n) is 3.93. The average Bonchev–Trinajstić information content (AvgIpc) is 2.77. The Labute approximate surface area is 108 Å². The van der Waals surface area contributed by atoms with E-state index in [0.29, 0.717) is 10.9 Å². The first-order valence-corrected chi connectivity index (χ1v) is 5.80. The second kappa shape index (κ2) is 4.27. The van der Waals surface area contributed by atoms with Crippen molar-refractivity contribution in [1.82, 2.24) is 19.6 Å². The van der Waals surface area contributed by atoms with Gasteiger partial charge in [0.15, 0.2) is 0 Å². The summed E-state index contributed by atoms with van der Waals surface area (Å²) >= 11 is 5.95. The van der Waals surface area contributed by atoms with Crippen molar-refractivity contribution in [2.75, 3.05) is 5.32 Å². The standard InChI is InChI=1S/C12H10ClN5/c1-8-3-2-4-9(5-8)16-11-6-10(13)17-12-14-7-15-18(11)12/h2-7,16H,1H3. The first-order chi connectivity index (χ1) is 8.72. The Morgan fingerprint density at radius 2 is 2.17 bits per heavy atom. The highest BCUT2D eigenvalue weighted by molar-refractivity contribution is 6.29. The molecule has 0 atom stereocenters. The maximum absolute atomic E-state index is 5.95. The highest BCUT2D eigenvalue weighted by Gasteiger charge is 2.06. The molecule has 0 unspecified atom stereocenters. The molecule has 5 nitrogen and oxygen atoms in total. The largest absolute Gasteiger partial charge is 0.340 e. The molecule has 0 amide bonds. The molecule has 0 aliphatic rings. The van der Waals surface area contributed by atoms with Gasteiger partial charge in [-0.15, -0.1) is 0 Å². The van der Waals surface area contributed by atoms with Gasteiger partial charge in [-0.1, -0.05) is 23.7 Å². The third kappa shape index (κ3) is 2.00. The summed E-state index contributed by atoms with van der Waals surface area (Å²) < 4.78 is 1.61. The molecule has 3 aromatic rings. The molecule has 2 heterocycles. The van der Waals surface area contributed by atoms with Crippen LogP contribution in [0.2, 0.25) is 5.15 Å². The number of hydrogen-bond acceptors (Lipinski definition) is 4. The summed E-state index contributed by atoms with van der Waals surface area (Å²) in [4.78, 5) is 8.09. The van der Waals surface area contributed by atoms with Crippen LogP contribution in [0.4, 0.5) is 11.5 Å². The molecule has 90 valence electrons. The van der Waals surface area contributed by atoms with E-state index in [2.05, 4.69) is 20.4 Å². The number of rotatable bonds is 2. The van der Waals surface area contributed by atoms with E-state index >= 15 is 0 Å². The monoisotopic (exact) mass is 259 g/mol. The Kier molecular flexibility index (Phi) is 2.60. The zero-order valence-corrected chi connectivity index (χ0v) is 10.4. The van der Waals surface area contributed by atoms with Gasteiger partial charge in [0, 0.05) is 11.8 Å². The van der Waals surface area contributed by atoms with Crippen LogP contribution < -0.4 is 5.32 Å². The van der Waals surface area contributed by atoms with Crippen LogP contribution in [0.3, 0.4) is 0 Å². The van der Waals surface area contributed by atoms with Gasteiger partial charge < -0.3 is 5.32 Å². The topological polar surface area (TPSA) is 55.1 Å². The molecule has 0 aliphatic heterocycles. The van der Waals surface area contributed by atoms with E-state index in [1.807, 2.05) is 31.2 Å². The second-order valence-corrected chi connectivity index (χ2v) is 4.32. The lowest BCUT2D eigenvalue weighted by molar-refractivity contribution is 0.947. The molecule has 0 saturated carbocycles. The van der Waals surface area contributed by atoms with Gasteiger partial charge in [-0.3, -0.25) is 0 Å². The Morgan fingerprint density at radius 1 is 1.28 bits per heavy atom. The lowest BCUT2D eigenvalue weighted by atomic mass is 10.2. The van der Waals surface area contributed by atoms with Crippen molar-refractivity contribution < 1.29 is 0 Å². The minimum Gasteiger partial charge on any atom is -0.340 e. The van der Waals surface area contributed by atoms with Gasteiger partial charge in [0.2, 0.25) is 0 Å². The summed E-state index contributed by atoms with van der Waals surface area (Å²) in [5.74, 6) is 1.20. The molecule has 0 radical (unpaired) electrons. The Bertz CT molecular complexity index is 707. The van der Waals surface area contributed by atoms with Crippen molar-refractivity contribution in [3.8, 4) is 0 Å². The van der Waals surface area contributed by atoms with Crippen LogP contribution in [0.1, 0.15) is 5.56 Å². The molecule has 0 saturated heterocycles. The van der Waals surface area contributed by atoms with Gasteiger partial charge in [0.05, 0.1) is 0 Å². The van der Waals surface area contributed by atoms with Gasteiger partial charge in [0.25, 0.3) is 5.78 Å².